The Balaban J connectivity index is 2.03. The van der Waals surface area contributed by atoms with Crippen molar-refractivity contribution in [2.24, 2.45) is 11.8 Å². The molecule has 0 aliphatic heterocycles. The number of hydrogen-bond donors (Lipinski definition) is 1. The lowest BCUT2D eigenvalue weighted by atomic mass is 10.2. The van der Waals surface area contributed by atoms with E-state index in [-0.39, 0.29) is 23.1 Å². The molecule has 6 nitrogen and oxygen atoms in total. The van der Waals surface area contributed by atoms with Crippen molar-refractivity contribution in [2.75, 3.05) is 6.54 Å². The van der Waals surface area contributed by atoms with E-state index in [1.165, 1.54) is 0 Å². The van der Waals surface area contributed by atoms with Crippen LogP contribution in [0.2, 0.25) is 0 Å². The first kappa shape index (κ1) is 14.7. The van der Waals surface area contributed by atoms with Crippen LogP contribution in [0, 0.1) is 11.8 Å². The van der Waals surface area contributed by atoms with Crippen molar-refractivity contribution >= 4 is 17.1 Å². The second kappa shape index (κ2) is 5.87. The summed E-state index contributed by atoms with van der Waals surface area (Å²) in [6, 6.07) is 3.53. The van der Waals surface area contributed by atoms with E-state index in [1.54, 1.807) is 22.9 Å². The van der Waals surface area contributed by atoms with Crippen LogP contribution < -0.4 is 10.9 Å². The van der Waals surface area contributed by atoms with Gasteiger partial charge < -0.3 is 5.32 Å². The zero-order valence-electron chi connectivity index (χ0n) is 12.9. The zero-order valence-corrected chi connectivity index (χ0v) is 12.9. The van der Waals surface area contributed by atoms with E-state index < -0.39 is 0 Å². The molecule has 1 amide bonds. The maximum Gasteiger partial charge on any atom is 0.283 e. The van der Waals surface area contributed by atoms with Gasteiger partial charge in [0.1, 0.15) is 5.52 Å². The van der Waals surface area contributed by atoms with Gasteiger partial charge in [-0.05, 0) is 36.8 Å². The summed E-state index contributed by atoms with van der Waals surface area (Å²) >= 11 is 0. The molecule has 0 radical (unpaired) electrons. The van der Waals surface area contributed by atoms with E-state index in [0.717, 1.165) is 12.8 Å². The summed E-state index contributed by atoms with van der Waals surface area (Å²) in [7, 11) is 0. The average molecular weight is 300 g/mol. The molecule has 22 heavy (non-hydrogen) atoms. The van der Waals surface area contributed by atoms with Crippen LogP contribution in [-0.4, -0.2) is 27.0 Å². The molecule has 2 heterocycles. The second-order valence-corrected chi connectivity index (χ2v) is 6.27. The summed E-state index contributed by atoms with van der Waals surface area (Å²) in [6.07, 6.45) is 3.92. The fourth-order valence-corrected chi connectivity index (χ4v) is 2.40. The lowest BCUT2D eigenvalue weighted by Gasteiger charge is -2.13. The molecule has 1 aliphatic rings. The van der Waals surface area contributed by atoms with Crippen molar-refractivity contribution in [1.82, 2.24) is 19.9 Å². The van der Waals surface area contributed by atoms with Crippen LogP contribution in [0.25, 0.3) is 11.2 Å². The molecule has 0 bridgehead atoms. The highest BCUT2D eigenvalue weighted by Gasteiger charge is 2.24. The number of rotatable bonds is 5. The monoisotopic (exact) mass is 300 g/mol. The minimum atomic E-state index is -0.389. The summed E-state index contributed by atoms with van der Waals surface area (Å²) in [5.74, 6) is 0.441. The predicted molar refractivity (Wildman–Crippen MR) is 83.7 cm³/mol. The summed E-state index contributed by atoms with van der Waals surface area (Å²) in [5.41, 5.74) is 0.689. The Morgan fingerprint density at radius 3 is 2.91 bits per heavy atom. The first-order valence-corrected chi connectivity index (χ1v) is 7.70. The zero-order chi connectivity index (χ0) is 15.7. The second-order valence-electron chi connectivity index (χ2n) is 6.27. The van der Waals surface area contributed by atoms with Gasteiger partial charge >= 0.3 is 0 Å². The standard InChI is InChI=1S/C16H20N4O2/c1-10(2)9-20-14-12(4-3-7-17-14)19-13(16(20)22)15(21)18-8-11-5-6-11/h3-4,7,10-11H,5-6,8-9H2,1-2H3,(H,18,21). The number of fused-ring (bicyclic) bond motifs is 1. The summed E-state index contributed by atoms with van der Waals surface area (Å²) < 4.78 is 1.55. The minimum absolute atomic E-state index is 0.0400. The normalized spacial score (nSPS) is 14.5. The molecule has 0 aromatic carbocycles. The predicted octanol–water partition coefficient (Wildman–Crippen LogP) is 1.59. The highest BCUT2D eigenvalue weighted by molar-refractivity contribution is 5.93. The van der Waals surface area contributed by atoms with Crippen molar-refractivity contribution in [3.8, 4) is 0 Å². The molecule has 2 aromatic rings. The van der Waals surface area contributed by atoms with Crippen LogP contribution in [-0.2, 0) is 6.54 Å². The van der Waals surface area contributed by atoms with E-state index >= 15 is 0 Å². The van der Waals surface area contributed by atoms with E-state index in [1.807, 2.05) is 13.8 Å². The maximum atomic E-state index is 12.6. The van der Waals surface area contributed by atoms with Gasteiger partial charge in [0, 0.05) is 19.3 Å². The summed E-state index contributed by atoms with van der Waals surface area (Å²) in [5, 5.41) is 2.81. The SMILES string of the molecule is CC(C)Cn1c(=O)c(C(=O)NCC2CC2)nc2cccnc21. The summed E-state index contributed by atoms with van der Waals surface area (Å²) in [4.78, 5) is 33.4. The Labute approximate surface area is 128 Å². The molecule has 0 atom stereocenters. The molecule has 6 heteroatoms. The van der Waals surface area contributed by atoms with Crippen LogP contribution in [0.4, 0.5) is 0 Å². The van der Waals surface area contributed by atoms with Crippen molar-refractivity contribution in [2.45, 2.75) is 33.2 Å². The number of amides is 1. The van der Waals surface area contributed by atoms with E-state index in [4.69, 9.17) is 0 Å². The molecular formula is C16H20N4O2. The average Bonchev–Trinajstić information content (AvgIpc) is 3.31. The number of hydrogen-bond acceptors (Lipinski definition) is 4. The third-order valence-electron chi connectivity index (χ3n) is 3.71. The largest absolute Gasteiger partial charge is 0.350 e. The van der Waals surface area contributed by atoms with Crippen molar-refractivity contribution in [3.63, 3.8) is 0 Å². The molecule has 0 saturated heterocycles. The number of nitrogens with zero attached hydrogens (tertiary/aromatic N) is 3. The first-order chi connectivity index (χ1) is 10.6. The molecule has 3 rings (SSSR count). The van der Waals surface area contributed by atoms with Crippen LogP contribution in [0.15, 0.2) is 23.1 Å². The van der Waals surface area contributed by atoms with Gasteiger partial charge in [0.15, 0.2) is 11.3 Å². The molecule has 1 saturated carbocycles. The highest BCUT2D eigenvalue weighted by atomic mass is 16.2. The van der Waals surface area contributed by atoms with Gasteiger partial charge in [-0.25, -0.2) is 9.97 Å². The quantitative estimate of drug-likeness (QED) is 0.909. The Kier molecular flexibility index (Phi) is 3.92. The minimum Gasteiger partial charge on any atom is -0.350 e. The Morgan fingerprint density at radius 2 is 2.23 bits per heavy atom. The van der Waals surface area contributed by atoms with Crippen LogP contribution in [0.3, 0.4) is 0 Å². The van der Waals surface area contributed by atoms with Gasteiger partial charge in [0.05, 0.1) is 0 Å². The third kappa shape index (κ3) is 3.00. The molecular weight excluding hydrogens is 280 g/mol. The molecule has 116 valence electrons. The van der Waals surface area contributed by atoms with Crippen LogP contribution in [0.1, 0.15) is 37.2 Å². The number of carbonyl (C=O) groups is 1. The van der Waals surface area contributed by atoms with E-state index in [9.17, 15) is 9.59 Å². The van der Waals surface area contributed by atoms with Crippen molar-refractivity contribution in [3.05, 3.63) is 34.4 Å². The number of carbonyl (C=O) groups excluding carboxylic acids is 1. The molecule has 0 unspecified atom stereocenters. The fourth-order valence-electron chi connectivity index (χ4n) is 2.40. The van der Waals surface area contributed by atoms with Gasteiger partial charge in [-0.1, -0.05) is 13.8 Å². The van der Waals surface area contributed by atoms with Gasteiger partial charge in [0.25, 0.3) is 11.5 Å². The first-order valence-electron chi connectivity index (χ1n) is 7.70. The lowest BCUT2D eigenvalue weighted by Crippen LogP contribution is -2.36. The van der Waals surface area contributed by atoms with Crippen molar-refractivity contribution in [1.29, 1.82) is 0 Å². The van der Waals surface area contributed by atoms with Gasteiger partial charge in [-0.3, -0.25) is 14.2 Å². The van der Waals surface area contributed by atoms with Gasteiger partial charge in [0.2, 0.25) is 0 Å². The Hall–Kier alpha value is -2.24. The maximum absolute atomic E-state index is 12.6. The summed E-state index contributed by atoms with van der Waals surface area (Å²) in [6.45, 7) is 5.18. The highest BCUT2D eigenvalue weighted by Crippen LogP contribution is 2.27. The fraction of sp³-hybridized carbons (Fsp3) is 0.500. The Bertz CT molecular complexity index is 762. The van der Waals surface area contributed by atoms with E-state index in [0.29, 0.717) is 30.2 Å². The molecule has 1 aliphatic carbocycles. The number of nitrogens with one attached hydrogen (secondary N) is 1. The van der Waals surface area contributed by atoms with Crippen LogP contribution >= 0.6 is 0 Å². The van der Waals surface area contributed by atoms with Crippen molar-refractivity contribution < 1.29 is 4.79 Å². The van der Waals surface area contributed by atoms with E-state index in [2.05, 4.69) is 15.3 Å². The molecule has 0 spiro atoms. The number of aromatic nitrogens is 3. The Morgan fingerprint density at radius 1 is 1.45 bits per heavy atom. The number of pyridine rings is 1. The van der Waals surface area contributed by atoms with Crippen LogP contribution in [0.5, 0.6) is 0 Å². The topological polar surface area (TPSA) is 76.9 Å². The third-order valence-corrected chi connectivity index (χ3v) is 3.71. The smallest absolute Gasteiger partial charge is 0.283 e. The molecule has 1 N–H and O–H groups in total. The lowest BCUT2D eigenvalue weighted by molar-refractivity contribution is 0.0944. The van der Waals surface area contributed by atoms with Gasteiger partial charge in [-0.15, -0.1) is 0 Å². The molecule has 1 fully saturated rings. The van der Waals surface area contributed by atoms with Gasteiger partial charge in [-0.2, -0.15) is 0 Å². The molecule has 2 aromatic heterocycles.